The molecular weight excluding hydrogens is 383 g/mol. The molecule has 0 aliphatic heterocycles. The number of alkyl halides is 3. The third-order valence-corrected chi connectivity index (χ3v) is 3.76. The van der Waals surface area contributed by atoms with E-state index >= 15 is 0 Å². The van der Waals surface area contributed by atoms with E-state index in [1.54, 1.807) is 12.1 Å². The largest absolute Gasteiger partial charge is 0.474 e. The van der Waals surface area contributed by atoms with Gasteiger partial charge in [-0.05, 0) is 18.2 Å². The van der Waals surface area contributed by atoms with Gasteiger partial charge in [0.1, 0.15) is 6.54 Å². The molecule has 6 nitrogen and oxygen atoms in total. The SMILES string of the molecule is O=C(O)c1nc(-c2cc3c(Br)cccc3n2CC(F)(F)F)no1. The highest BCUT2D eigenvalue weighted by Crippen LogP contribution is 2.33. The monoisotopic (exact) mass is 389 g/mol. The first kappa shape index (κ1) is 15.5. The molecule has 120 valence electrons. The van der Waals surface area contributed by atoms with Crippen LogP contribution >= 0.6 is 15.9 Å². The summed E-state index contributed by atoms with van der Waals surface area (Å²) in [5.74, 6) is -2.37. The van der Waals surface area contributed by atoms with Crippen LogP contribution in [0.25, 0.3) is 22.4 Å². The first-order valence-corrected chi connectivity index (χ1v) is 6.97. The fourth-order valence-corrected chi connectivity index (χ4v) is 2.67. The second-order valence-electron chi connectivity index (χ2n) is 4.63. The number of hydrogen-bond donors (Lipinski definition) is 1. The van der Waals surface area contributed by atoms with Crippen LogP contribution in [0.3, 0.4) is 0 Å². The molecule has 0 amide bonds. The predicted molar refractivity (Wildman–Crippen MR) is 75.9 cm³/mol. The second kappa shape index (κ2) is 5.37. The van der Waals surface area contributed by atoms with Crippen molar-refractivity contribution >= 4 is 32.8 Å². The number of carboxylic acid groups (broad SMARTS) is 1. The molecule has 0 atom stereocenters. The molecule has 2 aromatic heterocycles. The van der Waals surface area contributed by atoms with Crippen molar-refractivity contribution in [3.63, 3.8) is 0 Å². The Kier molecular flexibility index (Phi) is 3.63. The van der Waals surface area contributed by atoms with Crippen molar-refractivity contribution in [3.8, 4) is 11.5 Å². The number of benzene rings is 1. The Hall–Kier alpha value is -2.36. The molecule has 0 aliphatic rings. The summed E-state index contributed by atoms with van der Waals surface area (Å²) in [6.07, 6.45) is -4.47. The van der Waals surface area contributed by atoms with E-state index in [1.165, 1.54) is 12.1 Å². The zero-order chi connectivity index (χ0) is 16.8. The highest BCUT2D eigenvalue weighted by Gasteiger charge is 2.31. The van der Waals surface area contributed by atoms with Gasteiger partial charge in [0.2, 0.25) is 5.82 Å². The van der Waals surface area contributed by atoms with E-state index in [4.69, 9.17) is 5.11 Å². The number of rotatable bonds is 3. The molecule has 2 heterocycles. The fraction of sp³-hybridized carbons (Fsp3) is 0.154. The van der Waals surface area contributed by atoms with E-state index in [0.29, 0.717) is 15.4 Å². The molecule has 3 rings (SSSR count). The van der Waals surface area contributed by atoms with Crippen molar-refractivity contribution in [3.05, 3.63) is 34.6 Å². The lowest BCUT2D eigenvalue weighted by Gasteiger charge is -2.11. The maximum Gasteiger partial charge on any atom is 0.406 e. The zero-order valence-electron chi connectivity index (χ0n) is 11.1. The highest BCUT2D eigenvalue weighted by atomic mass is 79.9. The van der Waals surface area contributed by atoms with Crippen molar-refractivity contribution < 1.29 is 27.6 Å². The number of halogens is 4. The molecule has 0 fully saturated rings. The summed E-state index contributed by atoms with van der Waals surface area (Å²) in [4.78, 5) is 14.4. The lowest BCUT2D eigenvalue weighted by molar-refractivity contribution is -0.139. The van der Waals surface area contributed by atoms with Gasteiger partial charge in [0.05, 0.1) is 11.2 Å². The minimum atomic E-state index is -4.47. The molecule has 3 aromatic rings. The van der Waals surface area contributed by atoms with Gasteiger partial charge < -0.3 is 14.2 Å². The normalized spacial score (nSPS) is 12.0. The van der Waals surface area contributed by atoms with Crippen LogP contribution in [-0.2, 0) is 6.54 Å². The van der Waals surface area contributed by atoms with Crippen molar-refractivity contribution in [2.24, 2.45) is 0 Å². The first-order chi connectivity index (χ1) is 10.8. The number of aromatic nitrogens is 3. The molecule has 0 unspecified atom stereocenters. The summed E-state index contributed by atoms with van der Waals surface area (Å²) in [6.45, 7) is -1.26. The molecule has 10 heteroatoms. The summed E-state index contributed by atoms with van der Waals surface area (Å²) >= 11 is 3.27. The Morgan fingerprint density at radius 2 is 2.13 bits per heavy atom. The van der Waals surface area contributed by atoms with Gasteiger partial charge in [-0.25, -0.2) is 4.79 Å². The summed E-state index contributed by atoms with van der Waals surface area (Å²) in [7, 11) is 0. The van der Waals surface area contributed by atoms with Crippen LogP contribution in [0.15, 0.2) is 33.3 Å². The second-order valence-corrected chi connectivity index (χ2v) is 5.49. The van der Waals surface area contributed by atoms with Gasteiger partial charge >= 0.3 is 18.0 Å². The molecule has 0 saturated heterocycles. The van der Waals surface area contributed by atoms with Gasteiger partial charge in [0.15, 0.2) is 0 Å². The van der Waals surface area contributed by atoms with E-state index in [9.17, 15) is 18.0 Å². The molecule has 0 aliphatic carbocycles. The summed E-state index contributed by atoms with van der Waals surface area (Å²) in [5.41, 5.74) is 0.328. The van der Waals surface area contributed by atoms with Gasteiger partial charge in [0, 0.05) is 9.86 Å². The number of carbonyl (C=O) groups is 1. The smallest absolute Gasteiger partial charge is 0.406 e. The highest BCUT2D eigenvalue weighted by molar-refractivity contribution is 9.10. The van der Waals surface area contributed by atoms with Gasteiger partial charge in [-0.15, -0.1) is 0 Å². The van der Waals surface area contributed by atoms with E-state index < -0.39 is 24.6 Å². The van der Waals surface area contributed by atoms with E-state index in [-0.39, 0.29) is 11.5 Å². The Bertz CT molecular complexity index is 901. The molecule has 0 bridgehead atoms. The third-order valence-electron chi connectivity index (χ3n) is 3.07. The van der Waals surface area contributed by atoms with Gasteiger partial charge in [-0.1, -0.05) is 27.2 Å². The average Bonchev–Trinajstić information content (AvgIpc) is 3.03. The van der Waals surface area contributed by atoms with Crippen molar-refractivity contribution in [2.75, 3.05) is 0 Å². The number of nitrogens with zero attached hydrogens (tertiary/aromatic N) is 3. The third kappa shape index (κ3) is 2.93. The van der Waals surface area contributed by atoms with Crippen LogP contribution in [0.2, 0.25) is 0 Å². The molecule has 0 spiro atoms. The summed E-state index contributed by atoms with van der Waals surface area (Å²) in [5, 5.41) is 12.8. The van der Waals surface area contributed by atoms with Gasteiger partial charge in [0.25, 0.3) is 0 Å². The maximum absolute atomic E-state index is 12.9. The first-order valence-electron chi connectivity index (χ1n) is 6.18. The van der Waals surface area contributed by atoms with E-state index in [0.717, 1.165) is 4.57 Å². The quantitative estimate of drug-likeness (QED) is 0.738. The van der Waals surface area contributed by atoms with Crippen molar-refractivity contribution in [1.82, 2.24) is 14.7 Å². The molecule has 0 radical (unpaired) electrons. The number of hydrogen-bond acceptors (Lipinski definition) is 4. The standard InChI is InChI=1S/C13H7BrF3N3O3/c14-7-2-1-3-8-6(7)4-9(20(8)5-13(15,16)17)10-18-11(12(21)22)23-19-10/h1-4H,5H2,(H,21,22). The average molecular weight is 390 g/mol. The Morgan fingerprint density at radius 3 is 2.74 bits per heavy atom. The Labute approximate surface area is 134 Å². The Morgan fingerprint density at radius 1 is 1.39 bits per heavy atom. The fourth-order valence-electron chi connectivity index (χ4n) is 2.20. The van der Waals surface area contributed by atoms with Crippen LogP contribution in [0.5, 0.6) is 0 Å². The minimum Gasteiger partial charge on any atom is -0.474 e. The number of aromatic carboxylic acids is 1. The van der Waals surface area contributed by atoms with Crippen LogP contribution < -0.4 is 0 Å². The summed E-state index contributed by atoms with van der Waals surface area (Å²) < 4.78 is 44.7. The minimum absolute atomic E-state index is 0.0143. The van der Waals surface area contributed by atoms with Crippen LogP contribution in [-0.4, -0.2) is 32.0 Å². The maximum atomic E-state index is 12.9. The van der Waals surface area contributed by atoms with Crippen LogP contribution in [0.1, 0.15) is 10.7 Å². The van der Waals surface area contributed by atoms with E-state index in [1.807, 2.05) is 0 Å². The molecule has 23 heavy (non-hydrogen) atoms. The zero-order valence-corrected chi connectivity index (χ0v) is 12.7. The summed E-state index contributed by atoms with van der Waals surface area (Å²) in [6, 6.07) is 6.25. The molecular formula is C13H7BrF3N3O3. The van der Waals surface area contributed by atoms with E-state index in [2.05, 4.69) is 30.6 Å². The molecule has 1 N–H and O–H groups in total. The van der Waals surface area contributed by atoms with Crippen molar-refractivity contribution in [2.45, 2.75) is 12.7 Å². The number of fused-ring (bicyclic) bond motifs is 1. The lowest BCUT2D eigenvalue weighted by Crippen LogP contribution is -2.18. The van der Waals surface area contributed by atoms with Gasteiger partial charge in [-0.3, -0.25) is 0 Å². The van der Waals surface area contributed by atoms with Crippen LogP contribution in [0.4, 0.5) is 13.2 Å². The van der Waals surface area contributed by atoms with Crippen molar-refractivity contribution in [1.29, 1.82) is 0 Å². The van der Waals surface area contributed by atoms with Crippen LogP contribution in [0, 0.1) is 0 Å². The topological polar surface area (TPSA) is 81.1 Å². The number of carboxylic acids is 1. The molecule has 1 aromatic carbocycles. The Balaban J connectivity index is 2.23. The predicted octanol–water partition coefficient (Wildman–Crippen LogP) is 3.71. The molecule has 0 saturated carbocycles. The lowest BCUT2D eigenvalue weighted by atomic mass is 10.2. The van der Waals surface area contributed by atoms with Gasteiger partial charge in [-0.2, -0.15) is 18.2 Å².